The van der Waals surface area contributed by atoms with Crippen LogP contribution in [0.5, 0.6) is 0 Å². The summed E-state index contributed by atoms with van der Waals surface area (Å²) in [6, 6.07) is 7.31. The lowest BCUT2D eigenvalue weighted by molar-refractivity contribution is -0.176. The van der Waals surface area contributed by atoms with Crippen LogP contribution < -0.4 is 10.6 Å². The van der Waals surface area contributed by atoms with Gasteiger partial charge in [0.15, 0.2) is 5.96 Å². The summed E-state index contributed by atoms with van der Waals surface area (Å²) in [5, 5.41) is 6.71. The third-order valence-corrected chi connectivity index (χ3v) is 4.93. The molecule has 0 spiro atoms. The van der Waals surface area contributed by atoms with Crippen molar-refractivity contribution in [3.63, 3.8) is 0 Å². The first-order valence-electron chi connectivity index (χ1n) is 10.4. The molecule has 0 amide bonds. The van der Waals surface area contributed by atoms with Gasteiger partial charge in [-0.2, -0.15) is 13.2 Å². The highest BCUT2D eigenvalue weighted by atomic mass is 19.4. The minimum atomic E-state index is -4.29. The fourth-order valence-corrected chi connectivity index (χ4v) is 3.38. The Hall–Kier alpha value is -1.80. The molecule has 0 radical (unpaired) electrons. The van der Waals surface area contributed by atoms with Crippen molar-refractivity contribution in [3.8, 4) is 0 Å². The second-order valence-corrected chi connectivity index (χ2v) is 7.40. The van der Waals surface area contributed by atoms with Gasteiger partial charge in [0, 0.05) is 19.6 Å². The fraction of sp³-hybridized carbons (Fsp3) is 0.667. The topological polar surface area (TPSA) is 48.9 Å². The molecule has 8 heteroatoms. The van der Waals surface area contributed by atoms with Gasteiger partial charge < -0.3 is 20.3 Å². The van der Waals surface area contributed by atoms with Crippen LogP contribution in [0.1, 0.15) is 37.8 Å². The molecular formula is C21H33F3N4O. The smallest absolute Gasteiger partial charge is 0.367 e. The average molecular weight is 415 g/mol. The van der Waals surface area contributed by atoms with Gasteiger partial charge in [0.25, 0.3) is 0 Å². The molecule has 0 aromatic heterocycles. The average Bonchev–Trinajstić information content (AvgIpc) is 2.70. The summed E-state index contributed by atoms with van der Waals surface area (Å²) in [6.45, 7) is 8.56. The van der Waals surface area contributed by atoms with Crippen molar-refractivity contribution in [2.24, 2.45) is 10.9 Å². The number of hydrogen-bond acceptors (Lipinski definition) is 3. The minimum Gasteiger partial charge on any atom is -0.367 e. The largest absolute Gasteiger partial charge is 0.411 e. The first-order valence-corrected chi connectivity index (χ1v) is 10.4. The quantitative estimate of drug-likeness (QED) is 0.479. The van der Waals surface area contributed by atoms with Gasteiger partial charge in [-0.1, -0.05) is 31.2 Å². The van der Waals surface area contributed by atoms with E-state index in [1.807, 2.05) is 19.1 Å². The van der Waals surface area contributed by atoms with E-state index in [4.69, 9.17) is 0 Å². The number of rotatable bonds is 9. The van der Waals surface area contributed by atoms with Gasteiger partial charge in [0.2, 0.25) is 0 Å². The van der Waals surface area contributed by atoms with E-state index < -0.39 is 12.8 Å². The Morgan fingerprint density at radius 2 is 1.90 bits per heavy atom. The molecule has 164 valence electrons. The molecule has 1 aliphatic heterocycles. The standard InChI is InChI=1S/C21H33F3N4O/c1-3-25-20(27-13-19-6-5-11-28(4-2)14-19)26-12-17-7-9-18(10-8-17)15-29-16-21(22,23)24/h7-10,19H,3-6,11-16H2,1-2H3,(H2,25,26,27). The van der Waals surface area contributed by atoms with Crippen molar-refractivity contribution in [1.82, 2.24) is 15.5 Å². The Kier molecular flexibility index (Phi) is 9.73. The number of ether oxygens (including phenoxy) is 1. The summed E-state index contributed by atoms with van der Waals surface area (Å²) >= 11 is 0. The lowest BCUT2D eigenvalue weighted by Gasteiger charge is -2.32. The summed E-state index contributed by atoms with van der Waals surface area (Å²) < 4.78 is 41.1. The molecule has 1 fully saturated rings. The van der Waals surface area contributed by atoms with Crippen LogP contribution in [0, 0.1) is 5.92 Å². The van der Waals surface area contributed by atoms with Gasteiger partial charge in [0.05, 0.1) is 13.2 Å². The zero-order chi connectivity index (χ0) is 21.1. The third kappa shape index (κ3) is 9.49. The number of piperidine rings is 1. The number of aliphatic imine (C=N–C) groups is 1. The number of guanidine groups is 1. The van der Waals surface area contributed by atoms with Gasteiger partial charge in [-0.05, 0) is 49.9 Å². The van der Waals surface area contributed by atoms with Crippen LogP contribution in [0.25, 0.3) is 0 Å². The van der Waals surface area contributed by atoms with Gasteiger partial charge in [-0.25, -0.2) is 4.99 Å². The fourth-order valence-electron chi connectivity index (χ4n) is 3.38. The van der Waals surface area contributed by atoms with Gasteiger partial charge in [0.1, 0.15) is 6.61 Å². The number of likely N-dealkylation sites (tertiary alicyclic amines) is 1. The Balaban J connectivity index is 1.81. The Morgan fingerprint density at radius 3 is 2.55 bits per heavy atom. The second kappa shape index (κ2) is 12.0. The van der Waals surface area contributed by atoms with Gasteiger partial charge in [-0.3, -0.25) is 0 Å². The highest BCUT2D eigenvalue weighted by molar-refractivity contribution is 5.79. The summed E-state index contributed by atoms with van der Waals surface area (Å²) in [5.41, 5.74) is 1.71. The molecule has 1 unspecified atom stereocenters. The van der Waals surface area contributed by atoms with E-state index in [0.717, 1.165) is 37.7 Å². The number of halogens is 3. The maximum absolute atomic E-state index is 12.1. The maximum atomic E-state index is 12.1. The normalized spacial score (nSPS) is 18.7. The SMILES string of the molecule is CCNC(=NCc1ccc(COCC(F)(F)F)cc1)NCC1CCCN(CC)C1. The van der Waals surface area contributed by atoms with E-state index in [-0.39, 0.29) is 6.61 Å². The molecule has 0 aliphatic carbocycles. The van der Waals surface area contributed by atoms with Crippen molar-refractivity contribution >= 4 is 5.96 Å². The van der Waals surface area contributed by atoms with Gasteiger partial charge >= 0.3 is 6.18 Å². The van der Waals surface area contributed by atoms with Crippen molar-refractivity contribution in [2.45, 2.75) is 46.0 Å². The molecule has 1 atom stereocenters. The van der Waals surface area contributed by atoms with Crippen molar-refractivity contribution in [3.05, 3.63) is 35.4 Å². The van der Waals surface area contributed by atoms with Gasteiger partial charge in [-0.15, -0.1) is 0 Å². The molecule has 1 heterocycles. The number of nitrogens with one attached hydrogen (secondary N) is 2. The summed E-state index contributed by atoms with van der Waals surface area (Å²) in [7, 11) is 0. The molecule has 1 aromatic rings. The highest BCUT2D eigenvalue weighted by Gasteiger charge is 2.27. The van der Waals surface area contributed by atoms with E-state index in [1.54, 1.807) is 12.1 Å². The van der Waals surface area contributed by atoms with Crippen LogP contribution >= 0.6 is 0 Å². The van der Waals surface area contributed by atoms with Crippen LogP contribution in [0.2, 0.25) is 0 Å². The first kappa shape index (κ1) is 23.5. The second-order valence-electron chi connectivity index (χ2n) is 7.40. The molecule has 1 aromatic carbocycles. The van der Waals surface area contributed by atoms with E-state index in [1.165, 1.54) is 19.4 Å². The Bertz CT molecular complexity index is 619. The molecular weight excluding hydrogens is 381 g/mol. The van der Waals surface area contributed by atoms with Crippen LogP contribution in [0.4, 0.5) is 13.2 Å². The number of benzene rings is 1. The van der Waals surface area contributed by atoms with Crippen molar-refractivity contribution in [1.29, 1.82) is 0 Å². The molecule has 0 saturated carbocycles. The Morgan fingerprint density at radius 1 is 1.17 bits per heavy atom. The van der Waals surface area contributed by atoms with E-state index in [9.17, 15) is 13.2 Å². The minimum absolute atomic E-state index is 0.0522. The predicted octanol–water partition coefficient (Wildman–Crippen LogP) is 3.55. The number of alkyl halides is 3. The summed E-state index contributed by atoms with van der Waals surface area (Å²) in [5.74, 6) is 1.42. The zero-order valence-electron chi connectivity index (χ0n) is 17.4. The first-order chi connectivity index (χ1) is 13.9. The molecule has 1 saturated heterocycles. The molecule has 2 N–H and O–H groups in total. The Labute approximate surface area is 171 Å². The van der Waals surface area contributed by atoms with Crippen LogP contribution in [-0.2, 0) is 17.9 Å². The number of hydrogen-bond donors (Lipinski definition) is 2. The lowest BCUT2D eigenvalue weighted by atomic mass is 9.98. The number of nitrogens with zero attached hydrogens (tertiary/aromatic N) is 2. The zero-order valence-corrected chi connectivity index (χ0v) is 17.4. The molecule has 1 aliphatic rings. The monoisotopic (exact) mass is 414 g/mol. The van der Waals surface area contributed by atoms with E-state index >= 15 is 0 Å². The van der Waals surface area contributed by atoms with Crippen LogP contribution in [-0.4, -0.2) is 56.4 Å². The predicted molar refractivity (Wildman–Crippen MR) is 110 cm³/mol. The summed E-state index contributed by atoms with van der Waals surface area (Å²) in [6.07, 6.45) is -1.82. The van der Waals surface area contributed by atoms with Crippen LogP contribution in [0.15, 0.2) is 29.3 Å². The van der Waals surface area contributed by atoms with E-state index in [0.29, 0.717) is 18.0 Å². The molecule has 0 bridgehead atoms. The molecule has 29 heavy (non-hydrogen) atoms. The summed E-state index contributed by atoms with van der Waals surface area (Å²) in [4.78, 5) is 7.12. The van der Waals surface area contributed by atoms with E-state index in [2.05, 4.69) is 32.2 Å². The van der Waals surface area contributed by atoms with Crippen molar-refractivity contribution < 1.29 is 17.9 Å². The van der Waals surface area contributed by atoms with Crippen molar-refractivity contribution in [2.75, 3.05) is 39.3 Å². The highest BCUT2D eigenvalue weighted by Crippen LogP contribution is 2.16. The lowest BCUT2D eigenvalue weighted by Crippen LogP contribution is -2.44. The third-order valence-electron chi connectivity index (χ3n) is 4.93. The molecule has 2 rings (SSSR count). The maximum Gasteiger partial charge on any atom is 0.411 e. The molecule has 5 nitrogen and oxygen atoms in total. The van der Waals surface area contributed by atoms with Crippen LogP contribution in [0.3, 0.4) is 0 Å².